The predicted molar refractivity (Wildman–Crippen MR) is 98.1 cm³/mol. The first-order valence-corrected chi connectivity index (χ1v) is 8.38. The van der Waals surface area contributed by atoms with Crippen molar-refractivity contribution in [3.05, 3.63) is 35.4 Å². The Morgan fingerprint density at radius 3 is 2.54 bits per heavy atom. The Hall–Kier alpha value is -1.59. The molecule has 2 rings (SSSR count). The van der Waals surface area contributed by atoms with Gasteiger partial charge in [-0.3, -0.25) is 9.59 Å². The van der Waals surface area contributed by atoms with E-state index in [-0.39, 0.29) is 30.1 Å². The molecule has 0 saturated carbocycles. The van der Waals surface area contributed by atoms with Gasteiger partial charge in [-0.1, -0.05) is 38.1 Å². The normalized spacial score (nSPS) is 17.5. The summed E-state index contributed by atoms with van der Waals surface area (Å²) in [5.74, 6) is -0.0601. The third-order valence-electron chi connectivity index (χ3n) is 4.54. The molecule has 2 N–H and O–H groups in total. The molecule has 0 fully saturated rings. The van der Waals surface area contributed by atoms with Gasteiger partial charge in [-0.2, -0.15) is 0 Å². The third-order valence-corrected chi connectivity index (χ3v) is 4.54. The van der Waals surface area contributed by atoms with E-state index in [2.05, 4.69) is 10.6 Å². The molecule has 0 spiro atoms. The number of halogens is 1. The maximum atomic E-state index is 12.7. The van der Waals surface area contributed by atoms with Crippen LogP contribution < -0.4 is 10.6 Å². The van der Waals surface area contributed by atoms with Crippen molar-refractivity contribution in [3.8, 4) is 0 Å². The fourth-order valence-electron chi connectivity index (χ4n) is 2.88. The fourth-order valence-corrected chi connectivity index (χ4v) is 2.88. The molecule has 1 aliphatic heterocycles. The zero-order chi connectivity index (χ0) is 16.8. The van der Waals surface area contributed by atoms with Crippen molar-refractivity contribution < 1.29 is 9.59 Å². The molecule has 0 aliphatic carbocycles. The van der Waals surface area contributed by atoms with Crippen LogP contribution >= 0.6 is 12.4 Å². The summed E-state index contributed by atoms with van der Waals surface area (Å²) in [4.78, 5) is 27.0. The summed E-state index contributed by atoms with van der Waals surface area (Å²) in [6.07, 6.45) is 1.37. The molecule has 0 bridgehead atoms. The third kappa shape index (κ3) is 4.71. The van der Waals surface area contributed by atoms with Crippen LogP contribution in [0.2, 0.25) is 0 Å². The van der Waals surface area contributed by atoms with Crippen molar-refractivity contribution in [1.29, 1.82) is 0 Å². The molecular weight excluding hydrogens is 326 g/mol. The van der Waals surface area contributed by atoms with Crippen LogP contribution in [0.25, 0.3) is 0 Å². The Morgan fingerprint density at radius 1 is 1.25 bits per heavy atom. The molecule has 6 heteroatoms. The molecule has 1 aliphatic rings. The minimum atomic E-state index is -0.414. The van der Waals surface area contributed by atoms with Crippen LogP contribution in [-0.2, 0) is 22.6 Å². The van der Waals surface area contributed by atoms with Gasteiger partial charge < -0.3 is 15.5 Å². The monoisotopic (exact) mass is 353 g/mol. The Morgan fingerprint density at radius 2 is 1.92 bits per heavy atom. The molecule has 24 heavy (non-hydrogen) atoms. The average Bonchev–Trinajstić information content (AvgIpc) is 2.59. The van der Waals surface area contributed by atoms with Crippen molar-refractivity contribution in [3.63, 3.8) is 0 Å². The van der Waals surface area contributed by atoms with Gasteiger partial charge in [0.15, 0.2) is 0 Å². The number of carbonyl (C=O) groups is 2. The van der Waals surface area contributed by atoms with E-state index in [4.69, 9.17) is 0 Å². The van der Waals surface area contributed by atoms with Crippen LogP contribution in [0.3, 0.4) is 0 Å². The molecule has 2 unspecified atom stereocenters. The number of nitrogens with one attached hydrogen (secondary N) is 2. The van der Waals surface area contributed by atoms with Crippen LogP contribution in [-0.4, -0.2) is 42.9 Å². The molecule has 0 radical (unpaired) electrons. The summed E-state index contributed by atoms with van der Waals surface area (Å²) >= 11 is 0. The van der Waals surface area contributed by atoms with Gasteiger partial charge >= 0.3 is 0 Å². The highest BCUT2D eigenvalue weighted by molar-refractivity contribution is 5.89. The number of fused-ring (bicyclic) bond motifs is 1. The number of rotatable bonds is 6. The molecule has 0 saturated heterocycles. The van der Waals surface area contributed by atoms with Gasteiger partial charge in [-0.05, 0) is 24.6 Å². The quantitative estimate of drug-likeness (QED) is 0.766. The lowest BCUT2D eigenvalue weighted by Crippen LogP contribution is -2.54. The second-order valence-corrected chi connectivity index (χ2v) is 6.16. The summed E-state index contributed by atoms with van der Waals surface area (Å²) in [7, 11) is 1.85. The Kier molecular flexibility index (Phi) is 8.22. The maximum absolute atomic E-state index is 12.7. The van der Waals surface area contributed by atoms with Crippen LogP contribution in [0, 0.1) is 5.92 Å². The molecule has 5 nitrogen and oxygen atoms in total. The lowest BCUT2D eigenvalue weighted by atomic mass is 9.92. The van der Waals surface area contributed by atoms with Crippen molar-refractivity contribution in [2.45, 2.75) is 39.3 Å². The van der Waals surface area contributed by atoms with Gasteiger partial charge in [-0.15, -0.1) is 12.4 Å². The highest BCUT2D eigenvalue weighted by Crippen LogP contribution is 2.25. The van der Waals surface area contributed by atoms with Crippen LogP contribution in [0.5, 0.6) is 0 Å². The second-order valence-electron chi connectivity index (χ2n) is 6.16. The number of benzene rings is 1. The maximum Gasteiger partial charge on any atom is 0.243 e. The van der Waals surface area contributed by atoms with Crippen LogP contribution in [0.1, 0.15) is 31.4 Å². The van der Waals surface area contributed by atoms with Gasteiger partial charge in [0.25, 0.3) is 0 Å². The molecule has 1 aromatic rings. The lowest BCUT2D eigenvalue weighted by molar-refractivity contribution is -0.144. The van der Waals surface area contributed by atoms with E-state index >= 15 is 0 Å². The molecule has 2 atom stereocenters. The second kappa shape index (κ2) is 9.64. The summed E-state index contributed by atoms with van der Waals surface area (Å²) in [5.41, 5.74) is 2.30. The molecule has 134 valence electrons. The number of carbonyl (C=O) groups excluding carboxylic acids is 2. The van der Waals surface area contributed by atoms with E-state index in [1.54, 1.807) is 4.90 Å². The van der Waals surface area contributed by atoms with E-state index in [0.717, 1.165) is 17.5 Å². The molecular formula is C18H28ClN3O2. The van der Waals surface area contributed by atoms with E-state index in [9.17, 15) is 9.59 Å². The van der Waals surface area contributed by atoms with Gasteiger partial charge in [0.2, 0.25) is 11.8 Å². The number of nitrogens with zero attached hydrogens (tertiary/aromatic N) is 1. The summed E-state index contributed by atoms with van der Waals surface area (Å²) in [6, 6.07) is 7.65. The highest BCUT2D eigenvalue weighted by Gasteiger charge is 2.35. The number of likely N-dealkylation sites (N-methyl/N-ethyl adjacent to an activating group) is 1. The Labute approximate surface area is 150 Å². The van der Waals surface area contributed by atoms with Gasteiger partial charge in [-0.25, -0.2) is 0 Å². The first kappa shape index (κ1) is 20.5. The molecule has 0 aromatic heterocycles. The molecule has 2 amide bonds. The van der Waals surface area contributed by atoms with Crippen LogP contribution in [0.4, 0.5) is 0 Å². The largest absolute Gasteiger partial charge is 0.353 e. The van der Waals surface area contributed by atoms with E-state index < -0.39 is 6.04 Å². The topological polar surface area (TPSA) is 61.4 Å². The average molecular weight is 354 g/mol. The summed E-state index contributed by atoms with van der Waals surface area (Å²) in [5, 5.41) is 5.94. The Bertz CT molecular complexity index is 565. The van der Waals surface area contributed by atoms with Crippen LogP contribution in [0.15, 0.2) is 24.3 Å². The SMILES string of the molecule is CCC(C)C(=O)N1Cc2ccccc2CC1C(=O)NCCNC.Cl. The molecule has 1 heterocycles. The lowest BCUT2D eigenvalue weighted by Gasteiger charge is -2.37. The first-order valence-electron chi connectivity index (χ1n) is 8.38. The van der Waals surface area contributed by atoms with Gasteiger partial charge in [0.05, 0.1) is 0 Å². The van der Waals surface area contributed by atoms with E-state index in [0.29, 0.717) is 26.1 Å². The fraction of sp³-hybridized carbons (Fsp3) is 0.556. The number of amides is 2. The standard InChI is InChI=1S/C18H27N3O2.ClH/c1-4-13(2)18(23)21-12-15-8-6-5-7-14(15)11-16(21)17(22)20-10-9-19-3;/h5-8,13,16,19H,4,9-12H2,1-3H3,(H,20,22);1H. The van der Waals surface area contributed by atoms with E-state index in [1.165, 1.54) is 0 Å². The minimum Gasteiger partial charge on any atom is -0.353 e. The number of hydrogen-bond acceptors (Lipinski definition) is 3. The molecule has 1 aromatic carbocycles. The number of hydrogen-bond donors (Lipinski definition) is 2. The minimum absolute atomic E-state index is 0. The zero-order valence-corrected chi connectivity index (χ0v) is 15.5. The van der Waals surface area contributed by atoms with Crippen molar-refractivity contribution in [2.75, 3.05) is 20.1 Å². The summed E-state index contributed by atoms with van der Waals surface area (Å²) < 4.78 is 0. The predicted octanol–water partition coefficient (Wildman–Crippen LogP) is 1.74. The zero-order valence-electron chi connectivity index (χ0n) is 14.7. The van der Waals surface area contributed by atoms with Crippen molar-refractivity contribution >= 4 is 24.2 Å². The van der Waals surface area contributed by atoms with Crippen molar-refractivity contribution in [1.82, 2.24) is 15.5 Å². The first-order chi connectivity index (χ1) is 11.1. The van der Waals surface area contributed by atoms with Gasteiger partial charge in [0.1, 0.15) is 6.04 Å². The van der Waals surface area contributed by atoms with Crippen molar-refractivity contribution in [2.24, 2.45) is 5.92 Å². The highest BCUT2D eigenvalue weighted by atomic mass is 35.5. The summed E-state index contributed by atoms with van der Waals surface area (Å²) in [6.45, 7) is 5.73. The smallest absolute Gasteiger partial charge is 0.243 e. The van der Waals surface area contributed by atoms with Gasteiger partial charge in [0, 0.05) is 32.0 Å². The Balaban J connectivity index is 0.00000288. The van der Waals surface area contributed by atoms with E-state index in [1.807, 2.05) is 45.2 Å².